The van der Waals surface area contributed by atoms with E-state index in [1.807, 2.05) is 6.07 Å². The Balaban J connectivity index is 1.26. The van der Waals surface area contributed by atoms with E-state index in [4.69, 9.17) is 9.47 Å². The Morgan fingerprint density at radius 1 is 0.826 bits per heavy atom. The molecule has 4 unspecified atom stereocenters. The molecule has 0 N–H and O–H groups in total. The number of halogens is 2. The molecule has 0 spiro atoms. The molecule has 0 bridgehead atoms. The van der Waals surface area contributed by atoms with Crippen molar-refractivity contribution in [2.75, 3.05) is 35.4 Å². The Kier molecular flexibility index (Phi) is 13.5. The van der Waals surface area contributed by atoms with Crippen LogP contribution in [0.5, 0.6) is 0 Å². The number of thioether (sulfide) groups is 8. The summed E-state index contributed by atoms with van der Waals surface area (Å²) in [5, 5.41) is -0.124. The van der Waals surface area contributed by atoms with E-state index in [1.54, 1.807) is 84.4 Å². The van der Waals surface area contributed by atoms with Gasteiger partial charge in [-0.3, -0.25) is 9.59 Å². The number of carbonyl (C=O) groups excluding carboxylic acids is 4. The van der Waals surface area contributed by atoms with Crippen LogP contribution >= 0.6 is 126 Å². The largest absolute Gasteiger partial charge is 0.463 e. The van der Waals surface area contributed by atoms with Gasteiger partial charge in [0, 0.05) is 59.2 Å². The molecule has 6 nitrogen and oxygen atoms in total. The molecule has 2 aliphatic carbocycles. The molecule has 250 valence electrons. The second-order valence-corrected chi connectivity index (χ2v) is 23.4. The van der Waals surface area contributed by atoms with E-state index in [1.165, 1.54) is 23.5 Å². The summed E-state index contributed by atoms with van der Waals surface area (Å²) < 4.78 is 12.1. The first-order valence-electron chi connectivity index (χ1n) is 14.2. The maximum absolute atomic E-state index is 12.8. The van der Waals surface area contributed by atoms with Crippen molar-refractivity contribution in [2.24, 2.45) is 0 Å². The van der Waals surface area contributed by atoms with Crippen molar-refractivity contribution in [3.63, 3.8) is 0 Å². The van der Waals surface area contributed by atoms with Gasteiger partial charge in [-0.15, -0.1) is 70.6 Å². The smallest absolute Gasteiger partial charge is 0.329 e. The highest BCUT2D eigenvalue weighted by atomic mass is 79.9. The van der Waals surface area contributed by atoms with E-state index < -0.39 is 9.49 Å². The number of hydrogen-bond acceptors (Lipinski definition) is 14. The van der Waals surface area contributed by atoms with Crippen molar-refractivity contribution in [1.82, 2.24) is 0 Å². The van der Waals surface area contributed by atoms with Gasteiger partial charge in [0.1, 0.15) is 21.9 Å². The first kappa shape index (κ1) is 38.0. The summed E-state index contributed by atoms with van der Waals surface area (Å²) in [6.07, 6.45) is 1.00. The standard InChI is InChI=1S/C30H32Br2O6S8/c1-15(2)25(35)45-29(13-37-23(33)27-39-5-6-40-27)12-22(29)44-20-10-19(17(31)9-18(20)32)43-14-30(46-26(36)16(3)4)11-21(30)38-24(34)28-41-7-8-42-28/h9-10,21-22,27-28H,1,3,5-8,11-14H2,2,4H3. The van der Waals surface area contributed by atoms with Crippen molar-refractivity contribution >= 4 is 148 Å². The van der Waals surface area contributed by atoms with Crippen LogP contribution in [0.1, 0.15) is 26.7 Å². The van der Waals surface area contributed by atoms with Gasteiger partial charge in [-0.1, -0.05) is 36.7 Å². The second kappa shape index (κ2) is 16.4. The third-order valence-electron chi connectivity index (χ3n) is 7.28. The zero-order valence-electron chi connectivity index (χ0n) is 25.0. The highest BCUT2D eigenvalue weighted by Crippen LogP contribution is 2.60. The molecule has 2 aliphatic heterocycles. The first-order valence-corrected chi connectivity index (χ1v) is 23.5. The normalized spacial score (nSPS) is 27.3. The van der Waals surface area contributed by atoms with Crippen LogP contribution in [0.25, 0.3) is 0 Å². The van der Waals surface area contributed by atoms with Crippen molar-refractivity contribution in [2.45, 2.75) is 66.5 Å². The minimum Gasteiger partial charge on any atom is -0.463 e. The zero-order valence-corrected chi connectivity index (χ0v) is 34.7. The fraction of sp³-hybridized carbons (Fsp3) is 0.533. The van der Waals surface area contributed by atoms with Gasteiger partial charge in [-0.05, 0) is 75.4 Å². The minimum atomic E-state index is -0.519. The molecule has 4 aliphatic rings. The number of esters is 2. The molecule has 2 saturated carbocycles. The molecule has 0 aromatic heterocycles. The van der Waals surface area contributed by atoms with Crippen molar-refractivity contribution < 1.29 is 28.7 Å². The predicted octanol–water partition coefficient (Wildman–Crippen LogP) is 8.79. The molecular formula is C30H32Br2O6S8. The lowest BCUT2D eigenvalue weighted by Crippen LogP contribution is -2.25. The summed E-state index contributed by atoms with van der Waals surface area (Å²) in [5.41, 5.74) is 0.942. The number of carbonyl (C=O) groups is 4. The molecule has 5 rings (SSSR count). The van der Waals surface area contributed by atoms with Gasteiger partial charge >= 0.3 is 11.9 Å². The lowest BCUT2D eigenvalue weighted by molar-refractivity contribution is -0.143. The van der Waals surface area contributed by atoms with Gasteiger partial charge in [0.05, 0.1) is 9.49 Å². The van der Waals surface area contributed by atoms with Gasteiger partial charge in [0.15, 0.2) is 0 Å². The zero-order chi connectivity index (χ0) is 33.2. The third-order valence-corrected chi connectivity index (χ3v) is 21.2. The monoisotopic (exact) mass is 902 g/mol. The second-order valence-electron chi connectivity index (χ2n) is 11.2. The minimum absolute atomic E-state index is 0.0569. The van der Waals surface area contributed by atoms with Crippen LogP contribution in [0.15, 0.2) is 55.2 Å². The first-order chi connectivity index (χ1) is 21.8. The predicted molar refractivity (Wildman–Crippen MR) is 210 cm³/mol. The summed E-state index contributed by atoms with van der Waals surface area (Å²) in [4.78, 5) is 53.0. The van der Waals surface area contributed by atoms with E-state index in [2.05, 4.69) is 51.1 Å². The molecule has 1 aromatic rings. The van der Waals surface area contributed by atoms with Crippen molar-refractivity contribution in [1.29, 1.82) is 0 Å². The Bertz CT molecular complexity index is 1430. The number of ether oxygens (including phenoxy) is 2. The van der Waals surface area contributed by atoms with Crippen molar-refractivity contribution in [3.05, 3.63) is 45.4 Å². The van der Waals surface area contributed by atoms with E-state index in [-0.39, 0.29) is 49.3 Å². The van der Waals surface area contributed by atoms with Crippen LogP contribution < -0.4 is 0 Å². The maximum atomic E-state index is 12.8. The lowest BCUT2D eigenvalue weighted by atomic mass is 10.4. The Labute approximate surface area is 320 Å². The fourth-order valence-corrected chi connectivity index (χ4v) is 16.5. The van der Waals surface area contributed by atoms with E-state index in [0.717, 1.165) is 48.2 Å². The molecule has 46 heavy (non-hydrogen) atoms. The average molecular weight is 905 g/mol. The summed E-state index contributed by atoms with van der Waals surface area (Å²) in [6, 6.07) is 4.11. The molecule has 2 heterocycles. The Hall–Kier alpha value is 0.740. The number of hydrogen-bond donors (Lipinski definition) is 0. The van der Waals surface area contributed by atoms with Crippen molar-refractivity contribution in [3.8, 4) is 0 Å². The van der Waals surface area contributed by atoms with Crippen LogP contribution in [0.4, 0.5) is 0 Å². The third kappa shape index (κ3) is 9.54. The number of rotatable bonds is 14. The molecule has 4 atom stereocenters. The van der Waals surface area contributed by atoms with E-state index in [9.17, 15) is 19.2 Å². The van der Waals surface area contributed by atoms with Crippen LogP contribution in [-0.4, -0.2) is 87.6 Å². The van der Waals surface area contributed by atoms with Crippen LogP contribution in [0.2, 0.25) is 0 Å². The summed E-state index contributed by atoms with van der Waals surface area (Å²) >= 11 is 19.6. The van der Waals surface area contributed by atoms with Crippen LogP contribution in [-0.2, 0) is 28.7 Å². The Morgan fingerprint density at radius 2 is 1.37 bits per heavy atom. The fourth-order valence-electron chi connectivity index (χ4n) is 4.44. The quantitative estimate of drug-likeness (QED) is 0.101. The Morgan fingerprint density at radius 3 is 1.96 bits per heavy atom. The highest BCUT2D eigenvalue weighted by Gasteiger charge is 2.60. The molecule has 2 saturated heterocycles. The molecule has 16 heteroatoms. The van der Waals surface area contributed by atoms with Gasteiger partial charge in [0.2, 0.25) is 10.2 Å². The van der Waals surface area contributed by atoms with E-state index in [0.29, 0.717) is 23.3 Å². The number of benzene rings is 1. The maximum Gasteiger partial charge on any atom is 0.329 e. The topological polar surface area (TPSA) is 86.7 Å². The summed E-state index contributed by atoms with van der Waals surface area (Å²) in [5.74, 6) is 3.88. The molecule has 0 amide bonds. The van der Waals surface area contributed by atoms with Crippen LogP contribution in [0, 0.1) is 0 Å². The van der Waals surface area contributed by atoms with E-state index >= 15 is 0 Å². The summed E-state index contributed by atoms with van der Waals surface area (Å²) in [6.45, 7) is 11.2. The molecular weight excluding hydrogens is 873 g/mol. The molecule has 4 fully saturated rings. The highest BCUT2D eigenvalue weighted by molar-refractivity contribution is 9.11. The lowest BCUT2D eigenvalue weighted by Gasteiger charge is -2.19. The SMILES string of the molecule is C=C(C)C(=O)SC1(CSc2cc(SC3CC3(COC(=O)C3SCCS3)SC(=O)C(=C)C)c(Br)cc2Br)CC1OC(=O)C1SCCS1. The molecule has 1 aromatic carbocycles. The van der Waals surface area contributed by atoms with Gasteiger partial charge in [0.25, 0.3) is 0 Å². The molecule has 0 radical (unpaired) electrons. The summed E-state index contributed by atoms with van der Waals surface area (Å²) in [7, 11) is 0. The van der Waals surface area contributed by atoms with Gasteiger partial charge in [-0.2, -0.15) is 0 Å². The van der Waals surface area contributed by atoms with Gasteiger partial charge < -0.3 is 9.47 Å². The van der Waals surface area contributed by atoms with Crippen LogP contribution in [0.3, 0.4) is 0 Å². The van der Waals surface area contributed by atoms with Gasteiger partial charge in [-0.25, -0.2) is 9.59 Å². The average Bonchev–Trinajstić information content (AvgIpc) is 3.56.